The van der Waals surface area contributed by atoms with Crippen molar-refractivity contribution in [3.05, 3.63) is 138 Å². The molecule has 7 rings (SSSR count). The molecule has 176 valence electrons. The molecule has 0 saturated heterocycles. The maximum Gasteiger partial charge on any atom is 0.0614 e. The zero-order valence-corrected chi connectivity index (χ0v) is 21.1. The van der Waals surface area contributed by atoms with Crippen LogP contribution in [0.4, 0.5) is 0 Å². The van der Waals surface area contributed by atoms with Crippen molar-refractivity contribution in [3.8, 4) is 0 Å². The van der Waals surface area contributed by atoms with Gasteiger partial charge in [-0.05, 0) is 67.4 Å². The van der Waals surface area contributed by atoms with E-state index in [4.69, 9.17) is 11.6 Å². The molecule has 0 amide bonds. The van der Waals surface area contributed by atoms with E-state index in [1.54, 1.807) is 0 Å². The lowest BCUT2D eigenvalue weighted by Gasteiger charge is -2.35. The molecule has 0 saturated carbocycles. The van der Waals surface area contributed by atoms with E-state index in [0.717, 1.165) is 6.42 Å². The van der Waals surface area contributed by atoms with E-state index in [-0.39, 0.29) is 5.38 Å². The molecule has 0 aliphatic heterocycles. The van der Waals surface area contributed by atoms with Crippen molar-refractivity contribution in [2.45, 2.75) is 24.6 Å². The van der Waals surface area contributed by atoms with Crippen molar-refractivity contribution < 1.29 is 0 Å². The molecular weight excluding hydrogens is 458 g/mol. The Morgan fingerprint density at radius 1 is 0.639 bits per heavy atom. The van der Waals surface area contributed by atoms with Crippen molar-refractivity contribution in [2.24, 2.45) is 5.92 Å². The van der Waals surface area contributed by atoms with Crippen LogP contribution in [0.15, 0.2) is 122 Å². The summed E-state index contributed by atoms with van der Waals surface area (Å²) in [5.41, 5.74) is 4.13. The summed E-state index contributed by atoms with van der Waals surface area (Å²) in [6, 6.07) is 38.8. The Bertz CT molecular complexity index is 1590. The van der Waals surface area contributed by atoms with Crippen LogP contribution in [0.25, 0.3) is 32.3 Å². The van der Waals surface area contributed by atoms with Crippen molar-refractivity contribution in [1.29, 1.82) is 0 Å². The van der Waals surface area contributed by atoms with Crippen molar-refractivity contribution >= 4 is 43.9 Å². The quantitative estimate of drug-likeness (QED) is 0.167. The van der Waals surface area contributed by atoms with Gasteiger partial charge in [-0.2, -0.15) is 0 Å². The van der Waals surface area contributed by atoms with Crippen LogP contribution in [0.3, 0.4) is 0 Å². The van der Waals surface area contributed by atoms with E-state index < -0.39 is 0 Å². The first-order valence-electron chi connectivity index (χ1n) is 12.6. The number of hydrogen-bond donors (Lipinski definition) is 0. The van der Waals surface area contributed by atoms with Crippen LogP contribution >= 0.6 is 11.6 Å². The summed E-state index contributed by atoms with van der Waals surface area (Å²) >= 11 is 6.87. The van der Waals surface area contributed by atoms with E-state index >= 15 is 0 Å². The molecule has 1 aliphatic carbocycles. The fourth-order valence-corrected chi connectivity index (χ4v) is 5.98. The van der Waals surface area contributed by atoms with Crippen molar-refractivity contribution in [1.82, 2.24) is 4.98 Å². The molecule has 0 fully saturated rings. The predicted molar refractivity (Wildman–Crippen MR) is 154 cm³/mol. The van der Waals surface area contributed by atoms with Gasteiger partial charge in [0.15, 0.2) is 0 Å². The summed E-state index contributed by atoms with van der Waals surface area (Å²) < 4.78 is 0. The molecule has 1 aromatic heterocycles. The summed E-state index contributed by atoms with van der Waals surface area (Å²) in [7, 11) is 0. The minimum Gasteiger partial charge on any atom is -0.264 e. The van der Waals surface area contributed by atoms with Crippen LogP contribution < -0.4 is 0 Å². The minimum absolute atomic E-state index is 0.0841. The molecule has 1 nitrogen and oxygen atoms in total. The first-order valence-corrected chi connectivity index (χ1v) is 13.1. The van der Waals surface area contributed by atoms with E-state index in [9.17, 15) is 0 Å². The van der Waals surface area contributed by atoms with Gasteiger partial charge in [-0.3, -0.25) is 4.98 Å². The van der Waals surface area contributed by atoms with Crippen LogP contribution in [-0.4, -0.2) is 4.98 Å². The van der Waals surface area contributed by atoms with Gasteiger partial charge in [-0.1, -0.05) is 110 Å². The number of rotatable bonds is 1. The van der Waals surface area contributed by atoms with Crippen molar-refractivity contribution in [2.75, 3.05) is 0 Å². The largest absolute Gasteiger partial charge is 0.264 e. The van der Waals surface area contributed by atoms with Crippen molar-refractivity contribution in [3.63, 3.8) is 0 Å². The molecule has 36 heavy (non-hydrogen) atoms. The van der Waals surface area contributed by atoms with Gasteiger partial charge in [-0.25, -0.2) is 0 Å². The molecule has 1 heterocycles. The zero-order chi connectivity index (χ0) is 24.5. The van der Waals surface area contributed by atoms with E-state index in [1.807, 2.05) is 30.6 Å². The summed E-state index contributed by atoms with van der Waals surface area (Å²) in [5.74, 6) is 0.869. The topological polar surface area (TPSA) is 12.9 Å². The van der Waals surface area contributed by atoms with E-state index in [1.165, 1.54) is 49.0 Å². The lowest BCUT2D eigenvalue weighted by atomic mass is 9.72. The Hall–Kier alpha value is -3.68. The maximum atomic E-state index is 6.87. The minimum atomic E-state index is 0.0841. The van der Waals surface area contributed by atoms with E-state index in [0.29, 0.717) is 11.8 Å². The third kappa shape index (κ3) is 4.14. The lowest BCUT2D eigenvalue weighted by molar-refractivity contribution is 0.453. The SMILES string of the molecule is CC1CC(c2ccccc2)c2c(ccc3c2ccc2ccccc23)C1Cl.c1ccc2cnccc2c1. The lowest BCUT2D eigenvalue weighted by Crippen LogP contribution is -2.20. The molecule has 3 atom stereocenters. The molecular formula is C34H28ClN. The average Bonchev–Trinajstić information content (AvgIpc) is 2.95. The Morgan fingerprint density at radius 2 is 1.33 bits per heavy atom. The Balaban J connectivity index is 0.000000200. The second kappa shape index (κ2) is 9.76. The molecule has 0 N–H and O–H groups in total. The molecule has 6 aromatic rings. The number of alkyl halides is 1. The van der Waals surface area contributed by atoms with Gasteiger partial charge in [0.1, 0.15) is 0 Å². The smallest absolute Gasteiger partial charge is 0.0614 e. The molecule has 0 radical (unpaired) electrons. The summed E-state index contributed by atoms with van der Waals surface area (Å²) in [5, 5.41) is 7.84. The highest BCUT2D eigenvalue weighted by Gasteiger charge is 2.33. The Kier molecular flexibility index (Phi) is 6.17. The summed E-state index contributed by atoms with van der Waals surface area (Å²) in [4.78, 5) is 4.01. The summed E-state index contributed by atoms with van der Waals surface area (Å²) in [6.07, 6.45) is 4.77. The van der Waals surface area contributed by atoms with Gasteiger partial charge >= 0.3 is 0 Å². The van der Waals surface area contributed by atoms with Gasteiger partial charge in [-0.15, -0.1) is 11.6 Å². The first-order chi connectivity index (χ1) is 17.7. The number of aromatic nitrogens is 1. The van der Waals surface area contributed by atoms with Crippen LogP contribution in [0.2, 0.25) is 0 Å². The van der Waals surface area contributed by atoms with Gasteiger partial charge in [0.2, 0.25) is 0 Å². The molecule has 3 unspecified atom stereocenters. The third-order valence-corrected chi connectivity index (χ3v) is 8.17. The van der Waals surface area contributed by atoms with E-state index in [2.05, 4.69) is 103 Å². The second-order valence-electron chi connectivity index (χ2n) is 9.75. The number of nitrogens with zero attached hydrogens (tertiary/aromatic N) is 1. The maximum absolute atomic E-state index is 6.87. The number of hydrogen-bond acceptors (Lipinski definition) is 1. The van der Waals surface area contributed by atoms with Gasteiger partial charge in [0.25, 0.3) is 0 Å². The fourth-order valence-electron chi connectivity index (χ4n) is 5.69. The third-order valence-electron chi connectivity index (χ3n) is 7.51. The second-order valence-corrected chi connectivity index (χ2v) is 10.2. The van der Waals surface area contributed by atoms with Gasteiger partial charge in [0, 0.05) is 18.3 Å². The average molecular weight is 486 g/mol. The number of fused-ring (bicyclic) bond motifs is 6. The molecule has 5 aromatic carbocycles. The highest BCUT2D eigenvalue weighted by molar-refractivity contribution is 6.21. The highest BCUT2D eigenvalue weighted by Crippen LogP contribution is 2.50. The van der Waals surface area contributed by atoms with Crippen LogP contribution in [0, 0.1) is 5.92 Å². The standard InChI is InChI=1S/C25H21Cl.C9H7N/c1-16-15-23(17-7-3-2-4-8-17)24-21-12-11-18-9-5-6-10-19(18)20(21)13-14-22(24)25(16)26;1-2-4-9-7-10-6-5-8(9)3-1/h2-14,16,23,25H,15H2,1H3;1-7H. The molecule has 0 bridgehead atoms. The monoisotopic (exact) mass is 485 g/mol. The number of halogens is 1. The predicted octanol–water partition coefficient (Wildman–Crippen LogP) is 9.68. The Labute approximate surface area is 217 Å². The van der Waals surface area contributed by atoms with Crippen LogP contribution in [-0.2, 0) is 0 Å². The number of benzene rings is 5. The summed E-state index contributed by atoms with van der Waals surface area (Å²) in [6.45, 7) is 2.28. The fraction of sp³-hybridized carbons (Fsp3) is 0.147. The normalized spacial score (nSPS) is 19.0. The van der Waals surface area contributed by atoms with Gasteiger partial charge in [0.05, 0.1) is 5.38 Å². The van der Waals surface area contributed by atoms with Gasteiger partial charge < -0.3 is 0 Å². The Morgan fingerprint density at radius 3 is 2.14 bits per heavy atom. The highest BCUT2D eigenvalue weighted by atomic mass is 35.5. The van der Waals surface area contributed by atoms with Crippen LogP contribution in [0.1, 0.15) is 41.3 Å². The molecule has 2 heteroatoms. The molecule has 0 spiro atoms. The first kappa shape index (κ1) is 22.8. The zero-order valence-electron chi connectivity index (χ0n) is 20.3. The number of pyridine rings is 1. The molecule has 1 aliphatic rings. The van der Waals surface area contributed by atoms with Crippen LogP contribution in [0.5, 0.6) is 0 Å².